The van der Waals surface area contributed by atoms with E-state index in [-0.39, 0.29) is 12.3 Å². The lowest BCUT2D eigenvalue weighted by Gasteiger charge is -2.07. The Labute approximate surface area is 124 Å². The Balaban J connectivity index is 1.94. The number of anilines is 2. The van der Waals surface area contributed by atoms with Crippen molar-refractivity contribution in [3.63, 3.8) is 0 Å². The molecular weight excluding hydrogens is 294 g/mol. The maximum absolute atomic E-state index is 11.8. The number of nitrogens with one attached hydrogen (secondary N) is 1. The van der Waals surface area contributed by atoms with Crippen molar-refractivity contribution in [2.45, 2.75) is 6.42 Å². The van der Waals surface area contributed by atoms with Crippen molar-refractivity contribution in [3.8, 4) is 5.75 Å². The minimum Gasteiger partial charge on any atom is -0.482 e. The molecule has 2 rings (SSSR count). The highest BCUT2D eigenvalue weighted by Gasteiger charge is 2.08. The van der Waals surface area contributed by atoms with E-state index in [1.165, 1.54) is 11.3 Å². The minimum atomic E-state index is -1.06. The number of nitrogen functional groups attached to an aromatic ring is 1. The monoisotopic (exact) mass is 307 g/mol. The number of benzene rings is 1. The highest BCUT2D eigenvalue weighted by atomic mass is 32.1. The van der Waals surface area contributed by atoms with Crippen LogP contribution >= 0.6 is 11.3 Å². The van der Waals surface area contributed by atoms with Gasteiger partial charge in [-0.2, -0.15) is 0 Å². The van der Waals surface area contributed by atoms with Crippen LogP contribution in [0.3, 0.4) is 0 Å². The van der Waals surface area contributed by atoms with E-state index in [1.807, 2.05) is 0 Å². The van der Waals surface area contributed by atoms with Gasteiger partial charge in [-0.05, 0) is 12.1 Å². The van der Waals surface area contributed by atoms with Gasteiger partial charge in [0.25, 0.3) is 0 Å². The lowest BCUT2D eigenvalue weighted by molar-refractivity contribution is -0.139. The van der Waals surface area contributed by atoms with Gasteiger partial charge < -0.3 is 20.9 Å². The number of rotatable bonds is 6. The molecule has 1 heterocycles. The second-order valence-corrected chi connectivity index (χ2v) is 5.00. The van der Waals surface area contributed by atoms with Gasteiger partial charge in [-0.15, -0.1) is 11.3 Å². The average molecular weight is 307 g/mol. The second kappa shape index (κ2) is 6.71. The lowest BCUT2D eigenvalue weighted by Crippen LogP contribution is -2.15. The molecule has 21 heavy (non-hydrogen) atoms. The summed E-state index contributed by atoms with van der Waals surface area (Å²) in [5, 5.41) is 13.4. The van der Waals surface area contributed by atoms with Crippen molar-refractivity contribution in [1.29, 1.82) is 0 Å². The molecule has 0 atom stereocenters. The van der Waals surface area contributed by atoms with Crippen molar-refractivity contribution in [2.75, 3.05) is 17.7 Å². The number of amides is 1. The summed E-state index contributed by atoms with van der Waals surface area (Å²) in [4.78, 5) is 26.3. The molecule has 0 unspecified atom stereocenters. The summed E-state index contributed by atoms with van der Waals surface area (Å²) >= 11 is 1.28. The van der Waals surface area contributed by atoms with E-state index in [0.717, 1.165) is 0 Å². The van der Waals surface area contributed by atoms with Gasteiger partial charge in [0.15, 0.2) is 11.7 Å². The third-order valence-corrected chi connectivity index (χ3v) is 3.11. The molecule has 2 aromatic rings. The Morgan fingerprint density at radius 3 is 2.90 bits per heavy atom. The van der Waals surface area contributed by atoms with E-state index in [1.54, 1.807) is 29.6 Å². The van der Waals surface area contributed by atoms with Crippen LogP contribution in [0.1, 0.15) is 5.69 Å². The number of nitrogens with two attached hydrogens (primary N) is 1. The normalized spacial score (nSPS) is 10.1. The van der Waals surface area contributed by atoms with Crippen LogP contribution in [0.25, 0.3) is 0 Å². The lowest BCUT2D eigenvalue weighted by atomic mass is 10.2. The summed E-state index contributed by atoms with van der Waals surface area (Å²) in [7, 11) is 0. The van der Waals surface area contributed by atoms with Crippen LogP contribution in [0, 0.1) is 0 Å². The molecule has 0 bridgehead atoms. The summed E-state index contributed by atoms with van der Waals surface area (Å²) in [5.41, 5.74) is 6.62. The fourth-order valence-corrected chi connectivity index (χ4v) is 2.15. The van der Waals surface area contributed by atoms with E-state index in [4.69, 9.17) is 15.6 Å². The molecule has 0 radical (unpaired) electrons. The predicted octanol–water partition coefficient (Wildman–Crippen LogP) is 1.37. The zero-order chi connectivity index (χ0) is 15.2. The van der Waals surface area contributed by atoms with Gasteiger partial charge in [-0.1, -0.05) is 6.07 Å². The van der Waals surface area contributed by atoms with Crippen LogP contribution in [0.4, 0.5) is 10.8 Å². The highest BCUT2D eigenvalue weighted by Crippen LogP contribution is 2.18. The molecule has 4 N–H and O–H groups in total. The Bertz CT molecular complexity index is 656. The largest absolute Gasteiger partial charge is 0.482 e. The quantitative estimate of drug-likeness (QED) is 0.742. The Hall–Kier alpha value is -2.61. The number of nitrogens with zero attached hydrogens (tertiary/aromatic N) is 1. The van der Waals surface area contributed by atoms with E-state index >= 15 is 0 Å². The number of carboxylic acids is 1. The molecule has 0 aliphatic rings. The summed E-state index contributed by atoms with van der Waals surface area (Å²) in [6.45, 7) is -0.435. The van der Waals surface area contributed by atoms with Crippen molar-refractivity contribution in [3.05, 3.63) is 35.3 Å². The molecule has 0 fully saturated rings. The van der Waals surface area contributed by atoms with E-state index in [9.17, 15) is 9.59 Å². The average Bonchev–Trinajstić information content (AvgIpc) is 2.82. The summed E-state index contributed by atoms with van der Waals surface area (Å²) in [6.07, 6.45) is 0.119. The van der Waals surface area contributed by atoms with Gasteiger partial charge in [0, 0.05) is 17.1 Å². The highest BCUT2D eigenvalue weighted by molar-refractivity contribution is 7.13. The third-order valence-electron chi connectivity index (χ3n) is 2.39. The Morgan fingerprint density at radius 2 is 2.24 bits per heavy atom. The molecule has 0 aliphatic heterocycles. The van der Waals surface area contributed by atoms with Crippen LogP contribution in [0.5, 0.6) is 5.75 Å². The van der Waals surface area contributed by atoms with Crippen molar-refractivity contribution >= 4 is 34.0 Å². The molecule has 0 saturated carbocycles. The third kappa shape index (κ3) is 4.77. The van der Waals surface area contributed by atoms with Gasteiger partial charge in [0.2, 0.25) is 5.91 Å². The maximum atomic E-state index is 11.8. The first-order valence-corrected chi connectivity index (χ1v) is 6.85. The summed E-state index contributed by atoms with van der Waals surface area (Å²) in [5.74, 6) is -0.936. The first-order valence-electron chi connectivity index (χ1n) is 5.97. The van der Waals surface area contributed by atoms with Crippen LogP contribution < -0.4 is 15.8 Å². The number of aliphatic carboxylic acids is 1. The van der Waals surface area contributed by atoms with Crippen molar-refractivity contribution in [1.82, 2.24) is 4.98 Å². The molecule has 0 aliphatic carbocycles. The SMILES string of the molecule is Nc1nc(CC(=O)Nc2cccc(OCC(=O)O)c2)cs1. The molecule has 8 heteroatoms. The number of aromatic nitrogens is 1. The fourth-order valence-electron chi connectivity index (χ4n) is 1.58. The number of ether oxygens (including phenoxy) is 1. The summed E-state index contributed by atoms with van der Waals surface area (Å²) < 4.78 is 5.03. The summed E-state index contributed by atoms with van der Waals surface area (Å²) in [6, 6.07) is 6.50. The number of hydrogen-bond donors (Lipinski definition) is 3. The van der Waals surface area contributed by atoms with E-state index < -0.39 is 12.6 Å². The zero-order valence-corrected chi connectivity index (χ0v) is 11.7. The molecule has 1 aromatic heterocycles. The molecule has 0 spiro atoms. The van der Waals surface area contributed by atoms with Gasteiger partial charge in [-0.3, -0.25) is 4.79 Å². The first kappa shape index (κ1) is 14.8. The van der Waals surface area contributed by atoms with Crippen LogP contribution in [-0.4, -0.2) is 28.6 Å². The molecule has 0 saturated heterocycles. The molecule has 1 amide bonds. The van der Waals surface area contributed by atoms with Crippen molar-refractivity contribution in [2.24, 2.45) is 0 Å². The molecule has 1 aromatic carbocycles. The maximum Gasteiger partial charge on any atom is 0.341 e. The first-order chi connectivity index (χ1) is 10.0. The number of thiazole rings is 1. The van der Waals surface area contributed by atoms with Crippen LogP contribution in [0.2, 0.25) is 0 Å². The standard InChI is InChI=1S/C13H13N3O4S/c14-13-16-9(7-21-13)5-11(17)15-8-2-1-3-10(4-8)20-6-12(18)19/h1-4,7H,5-6H2,(H2,14,16)(H,15,17)(H,18,19). The molecular formula is C13H13N3O4S. The van der Waals surface area contributed by atoms with E-state index in [0.29, 0.717) is 22.3 Å². The van der Waals surface area contributed by atoms with E-state index in [2.05, 4.69) is 10.3 Å². The smallest absolute Gasteiger partial charge is 0.341 e. The van der Waals surface area contributed by atoms with Crippen LogP contribution in [-0.2, 0) is 16.0 Å². The van der Waals surface area contributed by atoms with Crippen LogP contribution in [0.15, 0.2) is 29.6 Å². The number of carbonyl (C=O) groups is 2. The predicted molar refractivity (Wildman–Crippen MR) is 78.4 cm³/mol. The minimum absolute atomic E-state index is 0.119. The topological polar surface area (TPSA) is 115 Å². The molecule has 110 valence electrons. The Kier molecular flexibility index (Phi) is 4.72. The second-order valence-electron chi connectivity index (χ2n) is 4.11. The van der Waals surface area contributed by atoms with Gasteiger partial charge >= 0.3 is 5.97 Å². The number of hydrogen-bond acceptors (Lipinski definition) is 6. The molecule has 7 nitrogen and oxygen atoms in total. The zero-order valence-electron chi connectivity index (χ0n) is 10.9. The number of carboxylic acid groups (broad SMARTS) is 1. The fraction of sp³-hybridized carbons (Fsp3) is 0.154. The van der Waals surface area contributed by atoms with Gasteiger partial charge in [-0.25, -0.2) is 9.78 Å². The van der Waals surface area contributed by atoms with Gasteiger partial charge in [0.1, 0.15) is 5.75 Å². The van der Waals surface area contributed by atoms with Gasteiger partial charge in [0.05, 0.1) is 12.1 Å². The Morgan fingerprint density at radius 1 is 1.43 bits per heavy atom. The number of carbonyl (C=O) groups excluding carboxylic acids is 1. The van der Waals surface area contributed by atoms with Crippen molar-refractivity contribution < 1.29 is 19.4 Å².